The lowest BCUT2D eigenvalue weighted by atomic mass is 9.82. The molecule has 1 rings (SSSR count). The van der Waals surface area contributed by atoms with E-state index >= 15 is 0 Å². The third-order valence-electron chi connectivity index (χ3n) is 1.62. The van der Waals surface area contributed by atoms with Crippen LogP contribution in [0.3, 0.4) is 0 Å². The fourth-order valence-corrected chi connectivity index (χ4v) is 0.994. The van der Waals surface area contributed by atoms with Crippen LogP contribution in [-0.2, 0) is 6.32 Å². The molecule has 68 valence electrons. The van der Waals surface area contributed by atoms with Gasteiger partial charge in [-0.1, -0.05) is 12.1 Å². The molecule has 4 nitrogen and oxygen atoms in total. The van der Waals surface area contributed by atoms with Gasteiger partial charge in [0.05, 0.1) is 5.56 Å². The first-order chi connectivity index (χ1) is 6.09. The number of aromatic carboxylic acids is 1. The average molecular weight is 180 g/mol. The molecule has 1 aromatic rings. The van der Waals surface area contributed by atoms with E-state index in [1.807, 2.05) is 0 Å². The van der Waals surface area contributed by atoms with Gasteiger partial charge in [-0.2, -0.15) is 0 Å². The largest absolute Gasteiger partial charge is 0.478 e. The SMILES string of the molecule is O=C(O)c1ccc(CB(O)O)cc1. The van der Waals surface area contributed by atoms with Crippen molar-refractivity contribution < 1.29 is 19.9 Å². The molecule has 0 amide bonds. The zero-order valence-corrected chi connectivity index (χ0v) is 6.84. The van der Waals surface area contributed by atoms with Crippen molar-refractivity contribution in [2.24, 2.45) is 0 Å². The standard InChI is InChI=1S/C8H9BO4/c10-8(11)7-3-1-6(2-4-7)5-9(12)13/h1-4,12-13H,5H2,(H,10,11). The lowest BCUT2D eigenvalue weighted by Crippen LogP contribution is -2.15. The minimum absolute atomic E-state index is 0.111. The third-order valence-corrected chi connectivity index (χ3v) is 1.62. The first-order valence-electron chi connectivity index (χ1n) is 3.78. The molecular weight excluding hydrogens is 171 g/mol. The van der Waals surface area contributed by atoms with Gasteiger partial charge in [0.2, 0.25) is 0 Å². The Hall–Kier alpha value is -1.33. The van der Waals surface area contributed by atoms with Crippen molar-refractivity contribution in [2.75, 3.05) is 0 Å². The smallest absolute Gasteiger partial charge is 0.456 e. The minimum atomic E-state index is -1.39. The van der Waals surface area contributed by atoms with Crippen LogP contribution >= 0.6 is 0 Å². The van der Waals surface area contributed by atoms with Crippen molar-refractivity contribution in [1.29, 1.82) is 0 Å². The van der Waals surface area contributed by atoms with Gasteiger partial charge in [0, 0.05) is 6.32 Å². The molecule has 0 unspecified atom stereocenters. The highest BCUT2D eigenvalue weighted by atomic mass is 16.4. The van der Waals surface area contributed by atoms with Gasteiger partial charge in [-0.3, -0.25) is 0 Å². The van der Waals surface area contributed by atoms with E-state index in [9.17, 15) is 4.79 Å². The van der Waals surface area contributed by atoms with Crippen molar-refractivity contribution in [1.82, 2.24) is 0 Å². The van der Waals surface area contributed by atoms with Gasteiger partial charge >= 0.3 is 13.1 Å². The summed E-state index contributed by atoms with van der Waals surface area (Å²) in [6.07, 6.45) is 0.111. The maximum atomic E-state index is 10.4. The van der Waals surface area contributed by atoms with Gasteiger partial charge in [0.25, 0.3) is 0 Å². The lowest BCUT2D eigenvalue weighted by Gasteiger charge is -1.99. The van der Waals surface area contributed by atoms with Crippen LogP contribution in [0.15, 0.2) is 24.3 Å². The summed E-state index contributed by atoms with van der Waals surface area (Å²) in [6.45, 7) is 0. The molecule has 1 aromatic carbocycles. The van der Waals surface area contributed by atoms with Crippen LogP contribution in [0, 0.1) is 0 Å². The fraction of sp³-hybridized carbons (Fsp3) is 0.125. The van der Waals surface area contributed by atoms with E-state index < -0.39 is 13.1 Å². The number of hydrogen-bond donors (Lipinski definition) is 3. The second-order valence-electron chi connectivity index (χ2n) is 2.69. The molecule has 0 fully saturated rings. The molecule has 0 saturated carbocycles. The van der Waals surface area contributed by atoms with Gasteiger partial charge in [-0.15, -0.1) is 0 Å². The Morgan fingerprint density at radius 1 is 1.23 bits per heavy atom. The van der Waals surface area contributed by atoms with E-state index in [1.54, 1.807) is 12.1 Å². The van der Waals surface area contributed by atoms with Gasteiger partial charge in [-0.05, 0) is 17.7 Å². The van der Waals surface area contributed by atoms with E-state index in [0.29, 0.717) is 5.56 Å². The zero-order valence-electron chi connectivity index (χ0n) is 6.84. The van der Waals surface area contributed by atoms with Crippen LogP contribution in [0.25, 0.3) is 0 Å². The molecule has 13 heavy (non-hydrogen) atoms. The molecule has 0 heterocycles. The first-order valence-corrected chi connectivity index (χ1v) is 3.78. The quantitative estimate of drug-likeness (QED) is 0.569. The molecule has 0 bridgehead atoms. The van der Waals surface area contributed by atoms with Crippen LogP contribution in [0.5, 0.6) is 0 Å². The van der Waals surface area contributed by atoms with Gasteiger partial charge in [0.15, 0.2) is 0 Å². The topological polar surface area (TPSA) is 77.8 Å². The van der Waals surface area contributed by atoms with Gasteiger partial charge < -0.3 is 15.2 Å². The predicted octanol–water partition coefficient (Wildman–Crippen LogP) is -0.0607. The molecule has 0 aliphatic heterocycles. The lowest BCUT2D eigenvalue weighted by molar-refractivity contribution is 0.0697. The molecule has 0 aliphatic rings. The Labute approximate surface area is 75.6 Å². The summed E-state index contributed by atoms with van der Waals surface area (Å²) in [5.74, 6) is -0.990. The highest BCUT2D eigenvalue weighted by Crippen LogP contribution is 2.05. The van der Waals surface area contributed by atoms with Gasteiger partial charge in [0.1, 0.15) is 0 Å². The number of carboxylic acid groups (broad SMARTS) is 1. The number of carbonyl (C=O) groups is 1. The highest BCUT2D eigenvalue weighted by molar-refractivity contribution is 6.40. The number of rotatable bonds is 3. The minimum Gasteiger partial charge on any atom is -0.478 e. The highest BCUT2D eigenvalue weighted by Gasteiger charge is 2.08. The molecular formula is C8H9BO4. The van der Waals surface area contributed by atoms with Crippen molar-refractivity contribution in [3.8, 4) is 0 Å². The predicted molar refractivity (Wildman–Crippen MR) is 47.3 cm³/mol. The third kappa shape index (κ3) is 2.89. The summed E-state index contributed by atoms with van der Waals surface area (Å²) in [5.41, 5.74) is 0.885. The monoisotopic (exact) mass is 180 g/mol. The maximum Gasteiger partial charge on any atom is 0.456 e. The summed E-state index contributed by atoms with van der Waals surface area (Å²) in [7, 11) is -1.39. The van der Waals surface area contributed by atoms with Gasteiger partial charge in [-0.25, -0.2) is 4.79 Å². The van der Waals surface area contributed by atoms with Crippen LogP contribution < -0.4 is 0 Å². The normalized spacial score (nSPS) is 9.69. The van der Waals surface area contributed by atoms with Crippen LogP contribution in [0.1, 0.15) is 15.9 Å². The second-order valence-corrected chi connectivity index (χ2v) is 2.69. The summed E-state index contributed by atoms with van der Waals surface area (Å²) in [4.78, 5) is 10.4. The molecule has 0 radical (unpaired) electrons. The maximum absolute atomic E-state index is 10.4. The Morgan fingerprint density at radius 3 is 2.15 bits per heavy atom. The Morgan fingerprint density at radius 2 is 1.77 bits per heavy atom. The van der Waals surface area contributed by atoms with Crippen LogP contribution in [0.2, 0.25) is 0 Å². The number of benzene rings is 1. The van der Waals surface area contributed by atoms with Crippen LogP contribution in [0.4, 0.5) is 0 Å². The van der Waals surface area contributed by atoms with Crippen molar-refractivity contribution in [3.05, 3.63) is 35.4 Å². The Kier molecular flexibility index (Phi) is 3.05. The Balaban J connectivity index is 2.75. The second kappa shape index (κ2) is 4.07. The number of hydrogen-bond acceptors (Lipinski definition) is 3. The Bertz CT molecular complexity index is 294. The molecule has 0 aromatic heterocycles. The van der Waals surface area contributed by atoms with Crippen LogP contribution in [-0.4, -0.2) is 28.2 Å². The summed E-state index contributed by atoms with van der Waals surface area (Å²) < 4.78 is 0. The van der Waals surface area contributed by atoms with Crippen molar-refractivity contribution in [3.63, 3.8) is 0 Å². The molecule has 0 spiro atoms. The van der Waals surface area contributed by atoms with E-state index in [-0.39, 0.29) is 11.9 Å². The van der Waals surface area contributed by atoms with E-state index in [0.717, 1.165) is 0 Å². The van der Waals surface area contributed by atoms with E-state index in [1.165, 1.54) is 12.1 Å². The fourth-order valence-electron chi connectivity index (χ4n) is 0.994. The van der Waals surface area contributed by atoms with E-state index in [2.05, 4.69) is 0 Å². The number of carboxylic acids is 1. The van der Waals surface area contributed by atoms with E-state index in [4.69, 9.17) is 15.2 Å². The summed E-state index contributed by atoms with van der Waals surface area (Å²) in [5, 5.41) is 25.8. The molecule has 3 N–H and O–H groups in total. The molecule has 0 atom stereocenters. The zero-order chi connectivity index (χ0) is 9.84. The summed E-state index contributed by atoms with van der Waals surface area (Å²) >= 11 is 0. The van der Waals surface area contributed by atoms with Crippen molar-refractivity contribution in [2.45, 2.75) is 6.32 Å². The van der Waals surface area contributed by atoms with Crippen molar-refractivity contribution >= 4 is 13.1 Å². The molecule has 5 heteroatoms. The first kappa shape index (κ1) is 9.76. The molecule has 0 saturated heterocycles. The average Bonchev–Trinajstić information content (AvgIpc) is 2.04. The molecule has 0 aliphatic carbocycles. The summed E-state index contributed by atoms with van der Waals surface area (Å²) in [6, 6.07) is 5.98.